The van der Waals surface area contributed by atoms with Crippen LogP contribution >= 0.6 is 11.8 Å². The molecule has 0 atom stereocenters. The molecule has 8 nitrogen and oxygen atoms in total. The van der Waals surface area contributed by atoms with Crippen molar-refractivity contribution >= 4 is 29.3 Å². The highest BCUT2D eigenvalue weighted by molar-refractivity contribution is 7.98. The number of carbonyl (C=O) groups is 1. The van der Waals surface area contributed by atoms with Crippen LogP contribution in [0.5, 0.6) is 0 Å². The lowest BCUT2D eigenvalue weighted by molar-refractivity contribution is 0.102. The summed E-state index contributed by atoms with van der Waals surface area (Å²) in [5.41, 5.74) is 0.910. The zero-order chi connectivity index (χ0) is 16.6. The summed E-state index contributed by atoms with van der Waals surface area (Å²) in [5, 5.41) is 19.4. The number of thioether (sulfide) groups is 1. The van der Waals surface area contributed by atoms with Gasteiger partial charge in [0.1, 0.15) is 5.82 Å². The molecule has 23 heavy (non-hydrogen) atoms. The van der Waals surface area contributed by atoms with Crippen molar-refractivity contribution in [2.45, 2.75) is 31.7 Å². The number of anilines is 1. The van der Waals surface area contributed by atoms with E-state index in [1.165, 1.54) is 0 Å². The summed E-state index contributed by atoms with van der Waals surface area (Å²) in [6.45, 7) is 5.73. The van der Waals surface area contributed by atoms with Gasteiger partial charge in [-0.3, -0.25) is 14.5 Å². The maximum Gasteiger partial charge on any atom is 0.322 e. The summed E-state index contributed by atoms with van der Waals surface area (Å²) in [4.78, 5) is 12.5. The SMILES string of the molecule is CSc1ccc(C(=O)Nc2nnc(C)o2)c2nnc(C(C)C)n12. The van der Waals surface area contributed by atoms with Crippen molar-refractivity contribution in [3.05, 3.63) is 29.4 Å². The molecule has 0 aliphatic carbocycles. The van der Waals surface area contributed by atoms with E-state index in [9.17, 15) is 4.79 Å². The zero-order valence-electron chi connectivity index (χ0n) is 13.2. The second kappa shape index (κ2) is 5.99. The Morgan fingerprint density at radius 2 is 2.04 bits per heavy atom. The number of aromatic nitrogens is 5. The maximum atomic E-state index is 12.5. The minimum absolute atomic E-state index is 0.0585. The summed E-state index contributed by atoms with van der Waals surface area (Å²) < 4.78 is 7.08. The number of hydrogen-bond donors (Lipinski definition) is 1. The molecule has 0 saturated heterocycles. The van der Waals surface area contributed by atoms with Crippen LogP contribution in [0.25, 0.3) is 5.65 Å². The topological polar surface area (TPSA) is 98.2 Å². The molecule has 3 aromatic heterocycles. The fourth-order valence-electron chi connectivity index (χ4n) is 2.21. The van der Waals surface area contributed by atoms with Crippen molar-refractivity contribution in [3.63, 3.8) is 0 Å². The van der Waals surface area contributed by atoms with Crippen LogP contribution in [0.2, 0.25) is 0 Å². The van der Waals surface area contributed by atoms with E-state index in [0.717, 1.165) is 10.9 Å². The highest BCUT2D eigenvalue weighted by Crippen LogP contribution is 2.24. The largest absolute Gasteiger partial charge is 0.408 e. The summed E-state index contributed by atoms with van der Waals surface area (Å²) in [6, 6.07) is 3.66. The van der Waals surface area contributed by atoms with E-state index in [4.69, 9.17) is 4.42 Å². The average molecular weight is 332 g/mol. The maximum absolute atomic E-state index is 12.5. The molecular formula is C14H16N6O2S. The van der Waals surface area contributed by atoms with Gasteiger partial charge in [-0.15, -0.1) is 27.1 Å². The van der Waals surface area contributed by atoms with Crippen molar-refractivity contribution < 1.29 is 9.21 Å². The molecule has 0 unspecified atom stereocenters. The van der Waals surface area contributed by atoms with Gasteiger partial charge in [0.25, 0.3) is 5.91 Å². The first-order valence-corrected chi connectivity index (χ1v) is 8.27. The molecule has 0 fully saturated rings. The smallest absolute Gasteiger partial charge is 0.322 e. The molecule has 9 heteroatoms. The van der Waals surface area contributed by atoms with Gasteiger partial charge in [0.15, 0.2) is 5.65 Å². The lowest BCUT2D eigenvalue weighted by Crippen LogP contribution is -2.14. The number of nitrogens with zero attached hydrogens (tertiary/aromatic N) is 5. The van der Waals surface area contributed by atoms with Gasteiger partial charge in [0, 0.05) is 12.8 Å². The molecule has 3 heterocycles. The number of carbonyl (C=O) groups excluding carboxylic acids is 1. The number of pyridine rings is 1. The minimum atomic E-state index is -0.367. The van der Waals surface area contributed by atoms with E-state index in [1.807, 2.05) is 30.6 Å². The number of aryl methyl sites for hydroxylation is 1. The Kier molecular flexibility index (Phi) is 4.03. The van der Waals surface area contributed by atoms with Crippen LogP contribution in [0, 0.1) is 6.92 Å². The molecular weight excluding hydrogens is 316 g/mol. The van der Waals surface area contributed by atoms with Crippen LogP contribution in [0.3, 0.4) is 0 Å². The number of amides is 1. The van der Waals surface area contributed by atoms with Gasteiger partial charge in [-0.05, 0) is 18.4 Å². The first-order chi connectivity index (χ1) is 11.0. The van der Waals surface area contributed by atoms with Crippen molar-refractivity contribution in [2.24, 2.45) is 0 Å². The Morgan fingerprint density at radius 3 is 2.65 bits per heavy atom. The monoisotopic (exact) mass is 332 g/mol. The van der Waals surface area contributed by atoms with Crippen molar-refractivity contribution in [1.82, 2.24) is 24.8 Å². The third kappa shape index (κ3) is 2.79. The predicted octanol–water partition coefficient (Wildman–Crippen LogP) is 2.52. The van der Waals surface area contributed by atoms with Gasteiger partial charge < -0.3 is 4.42 Å². The summed E-state index contributed by atoms with van der Waals surface area (Å²) in [5.74, 6) is 1.02. The van der Waals surface area contributed by atoms with E-state index in [-0.39, 0.29) is 17.8 Å². The van der Waals surface area contributed by atoms with Gasteiger partial charge in [-0.1, -0.05) is 18.9 Å². The molecule has 0 aliphatic rings. The quantitative estimate of drug-likeness (QED) is 0.733. The third-order valence-corrected chi connectivity index (χ3v) is 4.00. The van der Waals surface area contributed by atoms with Crippen LogP contribution in [-0.4, -0.2) is 37.0 Å². The second-order valence-electron chi connectivity index (χ2n) is 5.24. The van der Waals surface area contributed by atoms with E-state index in [1.54, 1.807) is 24.8 Å². The molecule has 1 N–H and O–H groups in total. The molecule has 3 aromatic rings. The normalized spacial score (nSPS) is 11.3. The Balaban J connectivity index is 2.06. The number of fused-ring (bicyclic) bond motifs is 1. The fraction of sp³-hybridized carbons (Fsp3) is 0.357. The van der Waals surface area contributed by atoms with Crippen LogP contribution in [-0.2, 0) is 0 Å². The summed E-state index contributed by atoms with van der Waals surface area (Å²) in [7, 11) is 0. The average Bonchev–Trinajstić information content (AvgIpc) is 3.12. The Morgan fingerprint density at radius 1 is 1.26 bits per heavy atom. The zero-order valence-corrected chi connectivity index (χ0v) is 14.0. The van der Waals surface area contributed by atoms with E-state index in [0.29, 0.717) is 17.1 Å². The van der Waals surface area contributed by atoms with Crippen LogP contribution in [0.4, 0.5) is 6.01 Å². The molecule has 0 saturated carbocycles. The van der Waals surface area contributed by atoms with E-state index < -0.39 is 0 Å². The minimum Gasteiger partial charge on any atom is -0.408 e. The number of rotatable bonds is 4. The molecule has 0 radical (unpaired) electrons. The van der Waals surface area contributed by atoms with Gasteiger partial charge >= 0.3 is 6.01 Å². The van der Waals surface area contributed by atoms with Crippen molar-refractivity contribution in [2.75, 3.05) is 11.6 Å². The number of hydrogen-bond acceptors (Lipinski definition) is 7. The lowest BCUT2D eigenvalue weighted by Gasteiger charge is -2.09. The van der Waals surface area contributed by atoms with Crippen LogP contribution < -0.4 is 5.32 Å². The predicted molar refractivity (Wildman–Crippen MR) is 85.8 cm³/mol. The van der Waals surface area contributed by atoms with Gasteiger partial charge in [0.2, 0.25) is 5.89 Å². The Hall–Kier alpha value is -2.42. The number of nitrogens with one attached hydrogen (secondary N) is 1. The van der Waals surface area contributed by atoms with Gasteiger partial charge in [-0.25, -0.2) is 0 Å². The van der Waals surface area contributed by atoms with Crippen LogP contribution in [0.1, 0.15) is 41.8 Å². The molecule has 1 amide bonds. The lowest BCUT2D eigenvalue weighted by atomic mass is 10.2. The second-order valence-corrected chi connectivity index (χ2v) is 6.07. The highest BCUT2D eigenvalue weighted by Gasteiger charge is 2.20. The van der Waals surface area contributed by atoms with Crippen molar-refractivity contribution in [1.29, 1.82) is 0 Å². The van der Waals surface area contributed by atoms with Crippen molar-refractivity contribution in [3.8, 4) is 0 Å². The van der Waals surface area contributed by atoms with Crippen LogP contribution in [0.15, 0.2) is 21.6 Å². The van der Waals surface area contributed by atoms with E-state index in [2.05, 4.69) is 25.7 Å². The first-order valence-electron chi connectivity index (χ1n) is 7.04. The third-order valence-electron chi connectivity index (χ3n) is 3.26. The Bertz CT molecular complexity index is 869. The molecule has 0 aliphatic heterocycles. The first kappa shape index (κ1) is 15.5. The summed E-state index contributed by atoms with van der Waals surface area (Å²) in [6.07, 6.45) is 1.97. The highest BCUT2D eigenvalue weighted by atomic mass is 32.2. The Labute approximate surface area is 136 Å². The molecule has 120 valence electrons. The van der Waals surface area contributed by atoms with Gasteiger partial charge in [0.05, 0.1) is 10.6 Å². The molecule has 0 bridgehead atoms. The molecule has 3 rings (SSSR count). The fourth-order valence-corrected chi connectivity index (χ4v) is 2.78. The van der Waals surface area contributed by atoms with E-state index >= 15 is 0 Å². The summed E-state index contributed by atoms with van der Waals surface area (Å²) >= 11 is 1.57. The molecule has 0 aromatic carbocycles. The van der Waals surface area contributed by atoms with Gasteiger partial charge in [-0.2, -0.15) is 0 Å². The standard InChI is InChI=1S/C14H16N6O2S/c1-7(2)11-17-18-12-9(5-6-10(23-4)20(11)12)13(21)15-14-19-16-8(3)22-14/h5-7H,1-4H3,(H,15,19,21). The molecule has 0 spiro atoms.